The topological polar surface area (TPSA) is 47.9 Å². The number of allylic oxidation sites excluding steroid dienone is 1. The Bertz CT molecular complexity index is 1030. The minimum atomic E-state index is -0.545. The molecule has 1 unspecified atom stereocenters. The number of hydrogen-bond acceptors (Lipinski definition) is 4. The molecule has 4 rings (SSSR count). The van der Waals surface area contributed by atoms with E-state index in [9.17, 15) is 5.11 Å². The summed E-state index contributed by atoms with van der Waals surface area (Å²) in [6, 6.07) is 25.7. The van der Waals surface area contributed by atoms with Gasteiger partial charge in [0.1, 0.15) is 24.2 Å². The lowest BCUT2D eigenvalue weighted by molar-refractivity contribution is -0.141. The number of aromatic hydroxyl groups is 1. The lowest BCUT2D eigenvalue weighted by Crippen LogP contribution is -2.25. The van der Waals surface area contributed by atoms with E-state index in [4.69, 9.17) is 14.2 Å². The van der Waals surface area contributed by atoms with E-state index in [1.54, 1.807) is 12.1 Å². The van der Waals surface area contributed by atoms with Gasteiger partial charge in [-0.2, -0.15) is 0 Å². The molecule has 1 N–H and O–H groups in total. The second-order valence-electron chi connectivity index (χ2n) is 8.20. The van der Waals surface area contributed by atoms with E-state index < -0.39 is 5.79 Å². The monoisotopic (exact) mass is 416 g/mol. The van der Waals surface area contributed by atoms with Crippen molar-refractivity contribution in [2.75, 3.05) is 13.2 Å². The van der Waals surface area contributed by atoms with Crippen LogP contribution in [0.25, 0.3) is 11.1 Å². The first-order valence-electron chi connectivity index (χ1n) is 10.5. The summed E-state index contributed by atoms with van der Waals surface area (Å²) in [5, 5.41) is 9.73. The van der Waals surface area contributed by atoms with Crippen LogP contribution < -0.4 is 4.74 Å². The van der Waals surface area contributed by atoms with Gasteiger partial charge in [0.2, 0.25) is 0 Å². The summed E-state index contributed by atoms with van der Waals surface area (Å²) < 4.78 is 17.3. The highest BCUT2D eigenvalue weighted by Crippen LogP contribution is 2.33. The first-order chi connectivity index (χ1) is 14.9. The van der Waals surface area contributed by atoms with Gasteiger partial charge in [0.05, 0.1) is 6.61 Å². The highest BCUT2D eigenvalue weighted by atomic mass is 16.7. The van der Waals surface area contributed by atoms with Crippen molar-refractivity contribution in [1.29, 1.82) is 0 Å². The van der Waals surface area contributed by atoms with Gasteiger partial charge in [-0.25, -0.2) is 0 Å². The van der Waals surface area contributed by atoms with Crippen molar-refractivity contribution in [3.8, 4) is 11.5 Å². The van der Waals surface area contributed by atoms with E-state index in [0.29, 0.717) is 13.2 Å². The number of hydrogen-bond donors (Lipinski definition) is 1. The molecule has 4 nitrogen and oxygen atoms in total. The van der Waals surface area contributed by atoms with E-state index in [-0.39, 0.29) is 11.9 Å². The summed E-state index contributed by atoms with van der Waals surface area (Å²) in [5.41, 5.74) is 5.57. The highest BCUT2D eigenvalue weighted by Gasteiger charge is 2.32. The Balaban J connectivity index is 1.59. The van der Waals surface area contributed by atoms with Crippen molar-refractivity contribution in [2.45, 2.75) is 32.7 Å². The van der Waals surface area contributed by atoms with E-state index in [1.807, 2.05) is 56.3 Å². The van der Waals surface area contributed by atoms with E-state index >= 15 is 0 Å². The number of rotatable bonds is 6. The molecule has 3 aromatic carbocycles. The predicted octanol–water partition coefficient (Wildman–Crippen LogP) is 5.90. The summed E-state index contributed by atoms with van der Waals surface area (Å²) in [6.45, 7) is 6.94. The predicted molar refractivity (Wildman–Crippen MR) is 123 cm³/mol. The van der Waals surface area contributed by atoms with Gasteiger partial charge < -0.3 is 19.3 Å². The molecule has 0 radical (unpaired) electrons. The van der Waals surface area contributed by atoms with Gasteiger partial charge in [0.15, 0.2) is 5.79 Å². The third-order valence-electron chi connectivity index (χ3n) is 5.38. The lowest BCUT2D eigenvalue weighted by atomic mass is 9.90. The fourth-order valence-electron chi connectivity index (χ4n) is 3.81. The van der Waals surface area contributed by atoms with Gasteiger partial charge >= 0.3 is 0 Å². The number of ether oxygens (including phenoxy) is 3. The molecule has 31 heavy (non-hydrogen) atoms. The van der Waals surface area contributed by atoms with Crippen LogP contribution >= 0.6 is 0 Å². The van der Waals surface area contributed by atoms with Gasteiger partial charge in [0, 0.05) is 0 Å². The van der Waals surface area contributed by atoms with Crippen LogP contribution in [0, 0.1) is 0 Å². The Hall–Kier alpha value is -3.08. The molecule has 0 bridgehead atoms. The summed E-state index contributed by atoms with van der Waals surface area (Å²) in [5.74, 6) is 0.501. The maximum Gasteiger partial charge on any atom is 0.163 e. The van der Waals surface area contributed by atoms with Gasteiger partial charge in [-0.1, -0.05) is 54.6 Å². The van der Waals surface area contributed by atoms with Crippen LogP contribution in [0.15, 0.2) is 78.9 Å². The first-order valence-corrected chi connectivity index (χ1v) is 10.5. The molecular formula is C27H28O4. The van der Waals surface area contributed by atoms with Crippen LogP contribution in [0.2, 0.25) is 0 Å². The van der Waals surface area contributed by atoms with Crippen molar-refractivity contribution in [1.82, 2.24) is 0 Å². The Morgan fingerprint density at radius 1 is 0.903 bits per heavy atom. The quantitative estimate of drug-likeness (QED) is 0.508. The molecule has 0 aliphatic carbocycles. The zero-order valence-electron chi connectivity index (χ0n) is 18.2. The van der Waals surface area contributed by atoms with Crippen molar-refractivity contribution in [2.24, 2.45) is 0 Å². The van der Waals surface area contributed by atoms with Gasteiger partial charge in [-0.3, -0.25) is 0 Å². The minimum absolute atomic E-state index is 0.0672. The second kappa shape index (κ2) is 8.96. The summed E-state index contributed by atoms with van der Waals surface area (Å²) in [4.78, 5) is 0. The summed E-state index contributed by atoms with van der Waals surface area (Å²) in [6.07, 6.45) is -0.0672. The first kappa shape index (κ1) is 21.2. The Morgan fingerprint density at radius 3 is 2.10 bits per heavy atom. The summed E-state index contributed by atoms with van der Waals surface area (Å²) >= 11 is 0. The van der Waals surface area contributed by atoms with E-state index in [1.165, 1.54) is 5.57 Å². The van der Waals surface area contributed by atoms with Gasteiger partial charge in [-0.05, 0) is 72.9 Å². The van der Waals surface area contributed by atoms with Gasteiger partial charge in [0.25, 0.3) is 0 Å². The lowest BCUT2D eigenvalue weighted by Gasteiger charge is -2.17. The Labute approximate surface area is 183 Å². The largest absolute Gasteiger partial charge is 0.508 e. The van der Waals surface area contributed by atoms with Crippen LogP contribution in [0.3, 0.4) is 0 Å². The van der Waals surface area contributed by atoms with Crippen molar-refractivity contribution < 1.29 is 19.3 Å². The number of phenols is 1. The fourth-order valence-corrected chi connectivity index (χ4v) is 3.81. The van der Waals surface area contributed by atoms with Gasteiger partial charge in [-0.15, -0.1) is 0 Å². The molecule has 0 spiro atoms. The van der Waals surface area contributed by atoms with Crippen molar-refractivity contribution in [3.05, 3.63) is 95.6 Å². The molecule has 0 amide bonds. The molecule has 0 saturated carbocycles. The molecule has 160 valence electrons. The zero-order chi connectivity index (χ0) is 21.8. The molecule has 1 saturated heterocycles. The van der Waals surface area contributed by atoms with Crippen molar-refractivity contribution in [3.63, 3.8) is 0 Å². The SMILES string of the molecule is C/C(=C(\c1ccc(O)cc1)c1ccc(OCC2COC(C)(C)O2)cc1)c1ccccc1. The van der Waals surface area contributed by atoms with Crippen molar-refractivity contribution >= 4 is 11.1 Å². The molecule has 1 aliphatic heterocycles. The van der Waals surface area contributed by atoms with Crippen LogP contribution in [0.1, 0.15) is 37.5 Å². The fraction of sp³-hybridized carbons (Fsp3) is 0.259. The van der Waals surface area contributed by atoms with Crippen LogP contribution in [0.4, 0.5) is 0 Å². The average Bonchev–Trinajstić information content (AvgIpc) is 3.14. The molecule has 1 fully saturated rings. The van der Waals surface area contributed by atoms with Crippen LogP contribution in [-0.2, 0) is 9.47 Å². The third kappa shape index (κ3) is 5.16. The summed E-state index contributed by atoms with van der Waals surface area (Å²) in [7, 11) is 0. The highest BCUT2D eigenvalue weighted by molar-refractivity contribution is 5.97. The number of phenolic OH excluding ortho intramolecular Hbond substituents is 1. The van der Waals surface area contributed by atoms with E-state index in [2.05, 4.69) is 31.2 Å². The minimum Gasteiger partial charge on any atom is -0.508 e. The maximum absolute atomic E-state index is 9.73. The molecule has 3 aromatic rings. The molecule has 4 heteroatoms. The Kier molecular flexibility index (Phi) is 6.12. The normalized spacial score (nSPS) is 18.5. The standard InChI is InChI=1S/C27H28O4/c1-19(20-7-5-4-6-8-20)26(21-9-13-23(28)14-10-21)22-11-15-24(16-12-22)29-17-25-18-30-27(2,3)31-25/h4-16,25,28H,17-18H2,1-3H3/b26-19-. The smallest absolute Gasteiger partial charge is 0.163 e. The van der Waals surface area contributed by atoms with E-state index in [0.717, 1.165) is 28.0 Å². The molecule has 0 aromatic heterocycles. The molecule has 1 aliphatic rings. The molecule has 1 heterocycles. The second-order valence-corrected chi connectivity index (χ2v) is 8.20. The maximum atomic E-state index is 9.73. The molecular weight excluding hydrogens is 388 g/mol. The zero-order valence-corrected chi connectivity index (χ0v) is 18.2. The third-order valence-corrected chi connectivity index (χ3v) is 5.38. The van der Waals surface area contributed by atoms with Crippen LogP contribution in [-0.4, -0.2) is 30.2 Å². The average molecular weight is 417 g/mol. The molecule has 1 atom stereocenters. The number of benzene rings is 3. The Morgan fingerprint density at radius 2 is 1.52 bits per heavy atom. The van der Waals surface area contributed by atoms with Crippen LogP contribution in [0.5, 0.6) is 11.5 Å².